The number of thioether (sulfide) groups is 2. The Balaban J connectivity index is 1.48. The van der Waals surface area contributed by atoms with Crippen molar-refractivity contribution in [3.63, 3.8) is 0 Å². The van der Waals surface area contributed by atoms with Gasteiger partial charge in [0, 0.05) is 47.1 Å². The van der Waals surface area contributed by atoms with Crippen molar-refractivity contribution in [3.05, 3.63) is 36.1 Å². The molecule has 0 radical (unpaired) electrons. The van der Waals surface area contributed by atoms with E-state index in [2.05, 4.69) is 24.7 Å². The number of rotatable bonds is 4. The Labute approximate surface area is 134 Å². The third kappa shape index (κ3) is 2.70. The molecule has 0 aliphatic carbocycles. The Kier molecular flexibility index (Phi) is 3.66. The van der Waals surface area contributed by atoms with Crippen LogP contribution in [-0.4, -0.2) is 35.7 Å². The minimum Gasteiger partial charge on any atom is -0.301 e. The van der Waals surface area contributed by atoms with Crippen LogP contribution in [0.5, 0.6) is 0 Å². The van der Waals surface area contributed by atoms with Crippen LogP contribution in [0.25, 0.3) is 11.4 Å². The highest BCUT2D eigenvalue weighted by atomic mass is 32.2. The molecule has 8 heteroatoms. The summed E-state index contributed by atoms with van der Waals surface area (Å²) in [6.45, 7) is 0.940. The Morgan fingerprint density at radius 3 is 3.14 bits per heavy atom. The Bertz CT molecular complexity index is 726. The quantitative estimate of drug-likeness (QED) is 0.684. The first kappa shape index (κ1) is 13.3. The summed E-state index contributed by atoms with van der Waals surface area (Å²) in [4.78, 5) is 8.46. The van der Waals surface area contributed by atoms with E-state index in [-0.39, 0.29) is 0 Å². The van der Waals surface area contributed by atoms with Gasteiger partial charge >= 0.3 is 0 Å². The lowest BCUT2D eigenvalue weighted by molar-refractivity contribution is 0.678. The maximum absolute atomic E-state index is 4.31. The van der Waals surface area contributed by atoms with Gasteiger partial charge in [-0.3, -0.25) is 4.98 Å². The highest BCUT2D eigenvalue weighted by Crippen LogP contribution is 2.37. The van der Waals surface area contributed by atoms with Gasteiger partial charge in [0.15, 0.2) is 11.0 Å². The third-order valence-electron chi connectivity index (χ3n) is 3.10. The predicted octanol–water partition coefficient (Wildman–Crippen LogP) is 3.06. The molecule has 3 aromatic heterocycles. The van der Waals surface area contributed by atoms with E-state index >= 15 is 0 Å². The summed E-state index contributed by atoms with van der Waals surface area (Å²) in [5, 5.41) is 12.1. The van der Waals surface area contributed by atoms with Gasteiger partial charge in [0.1, 0.15) is 4.34 Å². The molecule has 5 nitrogen and oxygen atoms in total. The number of thiazole rings is 1. The van der Waals surface area contributed by atoms with Gasteiger partial charge in [-0.1, -0.05) is 23.5 Å². The second-order valence-corrected chi connectivity index (χ2v) is 7.94. The summed E-state index contributed by atoms with van der Waals surface area (Å²) in [6, 6.07) is 3.95. The molecule has 0 saturated carbocycles. The van der Waals surface area contributed by atoms with Crippen LogP contribution in [0.3, 0.4) is 0 Å². The summed E-state index contributed by atoms with van der Waals surface area (Å²) in [7, 11) is 0. The number of aromatic nitrogens is 5. The number of pyridine rings is 1. The third-order valence-corrected chi connectivity index (χ3v) is 6.60. The fourth-order valence-corrected chi connectivity index (χ4v) is 5.12. The number of nitrogens with zero attached hydrogens (tertiary/aromatic N) is 5. The van der Waals surface area contributed by atoms with Gasteiger partial charge in [0.2, 0.25) is 0 Å². The molecule has 21 heavy (non-hydrogen) atoms. The Morgan fingerprint density at radius 2 is 2.33 bits per heavy atom. The minimum absolute atomic E-state index is 0.514. The molecule has 3 aromatic rings. The summed E-state index contributed by atoms with van der Waals surface area (Å²) in [6.07, 6.45) is 5.46. The normalized spacial score (nSPS) is 17.0. The number of fused-ring (bicyclic) bond motifs is 1. The van der Waals surface area contributed by atoms with Gasteiger partial charge < -0.3 is 4.57 Å². The minimum atomic E-state index is 0.514. The zero-order valence-electron chi connectivity index (χ0n) is 10.9. The van der Waals surface area contributed by atoms with Gasteiger partial charge in [-0.15, -0.1) is 21.5 Å². The summed E-state index contributed by atoms with van der Waals surface area (Å²) < 4.78 is 3.32. The van der Waals surface area contributed by atoms with Crippen LogP contribution in [-0.2, 0) is 6.54 Å². The van der Waals surface area contributed by atoms with Crippen LogP contribution >= 0.6 is 34.9 Å². The zero-order chi connectivity index (χ0) is 14.1. The van der Waals surface area contributed by atoms with E-state index in [4.69, 9.17) is 0 Å². The van der Waals surface area contributed by atoms with Crippen LogP contribution in [0.1, 0.15) is 0 Å². The topological polar surface area (TPSA) is 56.5 Å². The molecular formula is C13H11N5S3. The van der Waals surface area contributed by atoms with Gasteiger partial charge in [-0.25, -0.2) is 4.98 Å². The highest BCUT2D eigenvalue weighted by molar-refractivity contribution is 8.04. The first-order valence-corrected chi connectivity index (χ1v) is 9.17. The molecule has 0 bridgehead atoms. The molecule has 1 atom stereocenters. The molecule has 0 amide bonds. The summed E-state index contributed by atoms with van der Waals surface area (Å²) in [5.41, 5.74) is 1.02. The van der Waals surface area contributed by atoms with Gasteiger partial charge in [0.05, 0.1) is 0 Å². The van der Waals surface area contributed by atoms with E-state index in [0.717, 1.165) is 33.2 Å². The molecule has 4 heterocycles. The molecule has 0 spiro atoms. The lowest BCUT2D eigenvalue weighted by Crippen LogP contribution is -2.09. The highest BCUT2D eigenvalue weighted by Gasteiger charge is 2.27. The second-order valence-electron chi connectivity index (χ2n) is 4.51. The maximum Gasteiger partial charge on any atom is 0.191 e. The molecule has 106 valence electrons. The van der Waals surface area contributed by atoms with E-state index in [0.29, 0.717) is 5.25 Å². The van der Waals surface area contributed by atoms with Crippen LogP contribution in [0.2, 0.25) is 0 Å². The molecule has 0 saturated heterocycles. The van der Waals surface area contributed by atoms with Gasteiger partial charge in [-0.2, -0.15) is 0 Å². The van der Waals surface area contributed by atoms with Crippen LogP contribution in [0, 0.1) is 0 Å². The first-order chi connectivity index (χ1) is 10.4. The predicted molar refractivity (Wildman–Crippen MR) is 85.7 cm³/mol. The largest absolute Gasteiger partial charge is 0.301 e. The van der Waals surface area contributed by atoms with Crippen molar-refractivity contribution in [1.29, 1.82) is 0 Å². The molecular weight excluding hydrogens is 322 g/mol. The van der Waals surface area contributed by atoms with Crippen LogP contribution in [0.15, 0.2) is 45.6 Å². The molecule has 0 aromatic carbocycles. The second kappa shape index (κ2) is 5.78. The molecule has 0 N–H and O–H groups in total. The molecule has 1 aliphatic rings. The molecule has 0 fully saturated rings. The van der Waals surface area contributed by atoms with Crippen molar-refractivity contribution >= 4 is 34.9 Å². The SMILES string of the molecule is c1cncc(-c2nnc3n2C[C@@H](CSc2nccs2)S3)c1. The Hall–Kier alpha value is -1.38. The van der Waals surface area contributed by atoms with E-state index in [1.54, 1.807) is 29.3 Å². The average molecular weight is 333 g/mol. The monoisotopic (exact) mass is 333 g/mol. The maximum atomic E-state index is 4.31. The van der Waals surface area contributed by atoms with Crippen molar-refractivity contribution in [3.8, 4) is 11.4 Å². The lowest BCUT2D eigenvalue weighted by Gasteiger charge is -2.07. The smallest absolute Gasteiger partial charge is 0.191 e. The molecule has 4 rings (SSSR count). The van der Waals surface area contributed by atoms with E-state index in [1.807, 2.05) is 41.7 Å². The number of hydrogen-bond acceptors (Lipinski definition) is 7. The fourth-order valence-electron chi connectivity index (χ4n) is 2.17. The standard InChI is InChI=1S/C13H11N5S3/c1-2-9(6-14-3-1)11-16-17-12-18(11)7-10(21-12)8-20-13-15-4-5-19-13/h1-6,10H,7-8H2/t10-/m0/s1. The van der Waals surface area contributed by atoms with Crippen LogP contribution < -0.4 is 0 Å². The Morgan fingerprint density at radius 1 is 1.33 bits per heavy atom. The van der Waals surface area contributed by atoms with Crippen molar-refractivity contribution in [2.24, 2.45) is 0 Å². The number of hydrogen-bond donors (Lipinski definition) is 0. The van der Waals surface area contributed by atoms with Crippen molar-refractivity contribution in [2.45, 2.75) is 21.3 Å². The van der Waals surface area contributed by atoms with E-state index < -0.39 is 0 Å². The molecule has 0 unspecified atom stereocenters. The molecule has 1 aliphatic heterocycles. The van der Waals surface area contributed by atoms with Crippen LogP contribution in [0.4, 0.5) is 0 Å². The van der Waals surface area contributed by atoms with Crippen molar-refractivity contribution in [2.75, 3.05) is 5.75 Å². The first-order valence-electron chi connectivity index (χ1n) is 6.43. The zero-order valence-corrected chi connectivity index (χ0v) is 13.4. The van der Waals surface area contributed by atoms with E-state index in [1.165, 1.54) is 0 Å². The summed E-state index contributed by atoms with van der Waals surface area (Å²) in [5.74, 6) is 1.95. The van der Waals surface area contributed by atoms with Gasteiger partial charge in [0.25, 0.3) is 0 Å². The fraction of sp³-hybridized carbons (Fsp3) is 0.231. The van der Waals surface area contributed by atoms with Gasteiger partial charge in [-0.05, 0) is 12.1 Å². The van der Waals surface area contributed by atoms with Crippen molar-refractivity contribution < 1.29 is 0 Å². The van der Waals surface area contributed by atoms with E-state index in [9.17, 15) is 0 Å². The average Bonchev–Trinajstić information content (AvgIpc) is 3.22. The lowest BCUT2D eigenvalue weighted by atomic mass is 10.2. The van der Waals surface area contributed by atoms with Crippen molar-refractivity contribution in [1.82, 2.24) is 24.7 Å². The summed E-state index contributed by atoms with van der Waals surface area (Å²) >= 11 is 5.30.